The first-order chi connectivity index (χ1) is 15.3. The maximum atomic E-state index is 12.8. The van der Waals surface area contributed by atoms with E-state index in [9.17, 15) is 19.2 Å². The number of amides is 1. The van der Waals surface area contributed by atoms with Crippen LogP contribution in [0.1, 0.15) is 53.7 Å². The Labute approximate surface area is 191 Å². The number of likely N-dealkylation sites (N-methyl/N-ethyl adjacent to an activating group) is 1. The fourth-order valence-corrected chi connectivity index (χ4v) is 3.54. The largest absolute Gasteiger partial charge is 0.466 e. The van der Waals surface area contributed by atoms with Crippen LogP contribution in [0.2, 0.25) is 0 Å². The molecule has 0 aromatic carbocycles. The summed E-state index contributed by atoms with van der Waals surface area (Å²) in [5, 5.41) is 0. The molecule has 12 heteroatoms. The average Bonchev–Trinajstić information content (AvgIpc) is 3.02. The topological polar surface area (TPSA) is 152 Å². The lowest BCUT2D eigenvalue weighted by Gasteiger charge is -2.33. The number of carbonyl (C=O) groups excluding carboxylic acids is 3. The molecule has 0 radical (unpaired) electrons. The number of nitrogens with two attached hydrogens (primary N) is 1. The molecule has 0 saturated carbocycles. The van der Waals surface area contributed by atoms with Crippen molar-refractivity contribution in [3.8, 4) is 0 Å². The molecule has 33 heavy (non-hydrogen) atoms. The normalized spacial score (nSPS) is 22.5. The number of nitrogens with zero attached hydrogens (tertiary/aromatic N) is 3. The Bertz CT molecular complexity index is 926. The fourth-order valence-electron chi connectivity index (χ4n) is 3.54. The molecule has 2 heterocycles. The number of hydrogen-bond donors (Lipinski definition) is 1. The zero-order chi connectivity index (χ0) is 24.9. The van der Waals surface area contributed by atoms with Crippen LogP contribution in [0.15, 0.2) is 17.1 Å². The third kappa shape index (κ3) is 6.91. The van der Waals surface area contributed by atoms with Crippen molar-refractivity contribution in [1.82, 2.24) is 14.5 Å². The predicted octanol–water partition coefficient (Wildman–Crippen LogP) is 1.23. The van der Waals surface area contributed by atoms with Crippen LogP contribution in [-0.4, -0.2) is 70.0 Å². The highest BCUT2D eigenvalue weighted by atomic mass is 16.6. The number of esters is 2. The van der Waals surface area contributed by atoms with Crippen LogP contribution in [0, 0.1) is 0 Å². The van der Waals surface area contributed by atoms with E-state index in [0.29, 0.717) is 0 Å². The number of rotatable bonds is 7. The van der Waals surface area contributed by atoms with Gasteiger partial charge in [0.2, 0.25) is 0 Å². The van der Waals surface area contributed by atoms with Gasteiger partial charge in [0.05, 0.1) is 12.7 Å². The summed E-state index contributed by atoms with van der Waals surface area (Å²) in [7, 11) is 1.47. The van der Waals surface area contributed by atoms with E-state index in [-0.39, 0.29) is 25.3 Å². The lowest BCUT2D eigenvalue weighted by molar-refractivity contribution is -0.154. The molecule has 4 atom stereocenters. The number of hydrogen-bond acceptors (Lipinski definition) is 10. The van der Waals surface area contributed by atoms with Gasteiger partial charge >= 0.3 is 23.7 Å². The van der Waals surface area contributed by atoms with Crippen molar-refractivity contribution in [3.63, 3.8) is 0 Å². The zero-order valence-corrected chi connectivity index (χ0v) is 19.8. The minimum atomic E-state index is -1.11. The third-order valence-corrected chi connectivity index (χ3v) is 4.81. The van der Waals surface area contributed by atoms with Crippen LogP contribution in [-0.2, 0) is 28.5 Å². The fraction of sp³-hybridized carbons (Fsp3) is 0.667. The van der Waals surface area contributed by atoms with Crippen molar-refractivity contribution in [3.05, 3.63) is 22.7 Å². The number of carbonyl (C=O) groups is 3. The summed E-state index contributed by atoms with van der Waals surface area (Å²) in [5.74, 6) is -1.07. The predicted molar refractivity (Wildman–Crippen MR) is 116 cm³/mol. The van der Waals surface area contributed by atoms with Crippen molar-refractivity contribution in [2.75, 3.05) is 19.4 Å². The summed E-state index contributed by atoms with van der Waals surface area (Å²) >= 11 is 0. The monoisotopic (exact) mass is 468 g/mol. The van der Waals surface area contributed by atoms with Gasteiger partial charge in [0.15, 0.2) is 12.3 Å². The van der Waals surface area contributed by atoms with Gasteiger partial charge < -0.3 is 29.6 Å². The number of nitrogen functional groups attached to an aromatic ring is 1. The molecule has 0 unspecified atom stereocenters. The molecule has 1 aliphatic heterocycles. The maximum absolute atomic E-state index is 12.8. The van der Waals surface area contributed by atoms with Crippen LogP contribution >= 0.6 is 0 Å². The Morgan fingerprint density at radius 1 is 1.30 bits per heavy atom. The average molecular weight is 469 g/mol. The lowest BCUT2D eigenvalue weighted by atomic mass is 10.0. The molecule has 1 aliphatic rings. The van der Waals surface area contributed by atoms with E-state index in [1.165, 1.54) is 31.1 Å². The first-order valence-electron chi connectivity index (χ1n) is 10.6. The van der Waals surface area contributed by atoms with Crippen LogP contribution in [0.25, 0.3) is 0 Å². The van der Waals surface area contributed by atoms with E-state index in [1.807, 2.05) is 0 Å². The third-order valence-electron chi connectivity index (χ3n) is 4.81. The summed E-state index contributed by atoms with van der Waals surface area (Å²) < 4.78 is 23.2. The molecule has 2 N–H and O–H groups in total. The zero-order valence-electron chi connectivity index (χ0n) is 19.8. The van der Waals surface area contributed by atoms with Gasteiger partial charge in [-0.3, -0.25) is 14.2 Å². The number of anilines is 1. The molecular formula is C21H32N4O8. The Morgan fingerprint density at radius 2 is 1.97 bits per heavy atom. The summed E-state index contributed by atoms with van der Waals surface area (Å²) in [5.41, 5.74) is 4.08. The van der Waals surface area contributed by atoms with Crippen LogP contribution in [0.5, 0.6) is 0 Å². The van der Waals surface area contributed by atoms with Crippen molar-refractivity contribution in [1.29, 1.82) is 0 Å². The molecule has 1 amide bonds. The highest BCUT2D eigenvalue weighted by Gasteiger charge is 2.51. The van der Waals surface area contributed by atoms with Gasteiger partial charge in [-0.2, -0.15) is 4.98 Å². The van der Waals surface area contributed by atoms with Crippen LogP contribution in [0.4, 0.5) is 10.6 Å². The van der Waals surface area contributed by atoms with Crippen molar-refractivity contribution in [2.24, 2.45) is 0 Å². The van der Waals surface area contributed by atoms with Gasteiger partial charge in [-0.1, -0.05) is 0 Å². The Balaban J connectivity index is 2.45. The molecule has 1 aromatic rings. The highest BCUT2D eigenvalue weighted by molar-refractivity contribution is 5.70. The lowest BCUT2D eigenvalue weighted by Crippen LogP contribution is -2.51. The van der Waals surface area contributed by atoms with Gasteiger partial charge in [0.1, 0.15) is 17.5 Å². The SMILES string of the molecule is CCOC(=O)CC[C@H]1O[C@@H](n2ccc(N)nc2=O)[C@H](OC(C)=O)[C@H]1N(C)C(=O)OC(C)(C)C. The summed E-state index contributed by atoms with van der Waals surface area (Å²) in [6.45, 7) is 8.26. The Kier molecular flexibility index (Phi) is 8.42. The van der Waals surface area contributed by atoms with E-state index in [1.54, 1.807) is 27.7 Å². The molecule has 0 aliphatic carbocycles. The van der Waals surface area contributed by atoms with Crippen molar-refractivity contribution in [2.45, 2.75) is 77.5 Å². The minimum Gasteiger partial charge on any atom is -0.466 e. The molecule has 1 saturated heterocycles. The molecule has 1 fully saturated rings. The molecule has 0 spiro atoms. The molecule has 184 valence electrons. The van der Waals surface area contributed by atoms with Crippen molar-refractivity contribution >= 4 is 23.8 Å². The summed E-state index contributed by atoms with van der Waals surface area (Å²) in [6, 6.07) is 0.529. The summed E-state index contributed by atoms with van der Waals surface area (Å²) in [6.07, 6.45) is -2.17. The number of ether oxygens (including phenoxy) is 4. The van der Waals surface area contributed by atoms with Crippen LogP contribution in [0.3, 0.4) is 0 Å². The van der Waals surface area contributed by atoms with Gasteiger partial charge in [0, 0.05) is 26.6 Å². The highest BCUT2D eigenvalue weighted by Crippen LogP contribution is 2.36. The van der Waals surface area contributed by atoms with E-state index in [2.05, 4.69) is 4.98 Å². The van der Waals surface area contributed by atoms with Gasteiger partial charge in [-0.05, 0) is 40.2 Å². The van der Waals surface area contributed by atoms with E-state index in [0.717, 1.165) is 4.57 Å². The number of aromatic nitrogens is 2. The molecular weight excluding hydrogens is 436 g/mol. The van der Waals surface area contributed by atoms with E-state index >= 15 is 0 Å². The van der Waals surface area contributed by atoms with E-state index in [4.69, 9.17) is 24.7 Å². The molecule has 12 nitrogen and oxygen atoms in total. The quantitative estimate of drug-likeness (QED) is 0.457. The van der Waals surface area contributed by atoms with Crippen molar-refractivity contribution < 1.29 is 33.3 Å². The summed E-state index contributed by atoms with van der Waals surface area (Å²) in [4.78, 5) is 54.2. The van der Waals surface area contributed by atoms with Gasteiger partial charge in [-0.25, -0.2) is 9.59 Å². The maximum Gasteiger partial charge on any atom is 0.410 e. The van der Waals surface area contributed by atoms with Gasteiger partial charge in [0.25, 0.3) is 0 Å². The standard InChI is InChI=1S/C21H32N4O8/c1-7-30-15(27)9-8-13-16(24(6)20(29)33-21(3,4)5)17(31-12(2)26)18(32-13)25-11-10-14(22)23-19(25)28/h10-11,13,16-18H,7-9H2,1-6H3,(H2,22,23,28)/t13-,16+,17-,18-/m1/s1. The van der Waals surface area contributed by atoms with Gasteiger partial charge in [-0.15, -0.1) is 0 Å². The van der Waals surface area contributed by atoms with E-state index < -0.39 is 53.8 Å². The molecule has 0 bridgehead atoms. The van der Waals surface area contributed by atoms with Crippen LogP contribution < -0.4 is 11.4 Å². The second-order valence-electron chi connectivity index (χ2n) is 8.61. The Morgan fingerprint density at radius 3 is 2.52 bits per heavy atom. The Hall–Kier alpha value is -3.15. The molecule has 2 rings (SSSR count). The minimum absolute atomic E-state index is 0.00837. The molecule has 1 aromatic heterocycles. The second kappa shape index (κ2) is 10.6. The smallest absolute Gasteiger partial charge is 0.410 e. The first-order valence-corrected chi connectivity index (χ1v) is 10.6. The second-order valence-corrected chi connectivity index (χ2v) is 8.61. The first kappa shape index (κ1) is 26.1.